The third-order valence-electron chi connectivity index (χ3n) is 10.7. The van der Waals surface area contributed by atoms with Crippen molar-refractivity contribution >= 4 is 47.2 Å². The van der Waals surface area contributed by atoms with Crippen LogP contribution in [0.15, 0.2) is 98.5 Å². The number of carbonyl (C=O) groups excluding carboxylic acids is 3. The molecule has 0 saturated carbocycles. The predicted molar refractivity (Wildman–Crippen MR) is 195 cm³/mol. The Bertz CT molecular complexity index is 2200. The van der Waals surface area contributed by atoms with E-state index in [0.717, 1.165) is 28.1 Å². The Kier molecular flexibility index (Phi) is 9.09. The Morgan fingerprint density at radius 3 is 2.41 bits per heavy atom. The number of esters is 3. The number of ether oxygens (including phenoxy) is 3. The topological polar surface area (TPSA) is 152 Å². The van der Waals surface area contributed by atoms with Gasteiger partial charge in [-0.3, -0.25) is 14.6 Å². The highest BCUT2D eigenvalue weighted by Gasteiger charge is 2.55. The van der Waals surface area contributed by atoms with Gasteiger partial charge in [0.25, 0.3) is 0 Å². The van der Waals surface area contributed by atoms with Crippen LogP contribution >= 0.6 is 0 Å². The summed E-state index contributed by atoms with van der Waals surface area (Å²) >= 11 is 0. The zero-order chi connectivity index (χ0) is 36.9. The van der Waals surface area contributed by atoms with Crippen LogP contribution in [0.25, 0.3) is 17.9 Å². The van der Waals surface area contributed by atoms with Crippen LogP contribution in [-0.2, 0) is 28.6 Å². The number of carbonyl (C=O) groups is 3. The van der Waals surface area contributed by atoms with E-state index >= 15 is 0 Å². The number of H-pyrrole nitrogens is 1. The van der Waals surface area contributed by atoms with Crippen LogP contribution in [0.1, 0.15) is 44.7 Å². The minimum atomic E-state index is -1.17. The maximum Gasteiger partial charge on any atom is 0.334 e. The summed E-state index contributed by atoms with van der Waals surface area (Å²) in [7, 11) is 3.93. The highest BCUT2D eigenvalue weighted by Crippen LogP contribution is 2.52. The van der Waals surface area contributed by atoms with E-state index in [2.05, 4.69) is 36.5 Å². The second-order valence-corrected chi connectivity index (χ2v) is 13.3. The van der Waals surface area contributed by atoms with Gasteiger partial charge in [-0.2, -0.15) is 0 Å². The molecule has 1 aliphatic carbocycles. The zero-order valence-electron chi connectivity index (χ0n) is 29.9. The number of methoxy groups -OCH3 is 3. The van der Waals surface area contributed by atoms with E-state index in [-0.39, 0.29) is 35.7 Å². The number of aliphatic hydroxyl groups excluding tert-OH is 1. The third-order valence-corrected chi connectivity index (χ3v) is 10.7. The molecular weight excluding hydrogens is 648 g/mol. The molecule has 1 aromatic heterocycles. The molecule has 0 amide bonds. The molecule has 6 rings (SSSR count). The number of nitrogens with zero attached hydrogens (tertiary/aromatic N) is 2. The number of aliphatic imine (C=N–C) groups is 2. The van der Waals surface area contributed by atoms with E-state index in [9.17, 15) is 19.5 Å². The van der Waals surface area contributed by atoms with Crippen LogP contribution in [0.3, 0.4) is 0 Å². The SMILES string of the molecule is C=CC1=C(C)C2=NC/1=C\C1NC(=C(CCC(=O)OC)C1C)/C=c1\[nH]/c(c(C)c1C(=C)O)=C\C1=NC(=C\2)/C2=CC=C(C(=O)OC)[C@@H](C(=O)OC)[C@]21C. The Balaban J connectivity index is 1.69. The fourth-order valence-corrected chi connectivity index (χ4v) is 7.78. The van der Waals surface area contributed by atoms with Crippen molar-refractivity contribution in [3.63, 3.8) is 0 Å². The van der Waals surface area contributed by atoms with Crippen molar-refractivity contribution in [2.24, 2.45) is 27.2 Å². The maximum atomic E-state index is 13.6. The first-order chi connectivity index (χ1) is 24.3. The van der Waals surface area contributed by atoms with Gasteiger partial charge in [-0.15, -0.1) is 0 Å². The number of hydrogen-bond donors (Lipinski definition) is 3. The Labute approximate surface area is 296 Å². The van der Waals surface area contributed by atoms with E-state index in [1.807, 2.05) is 39.0 Å². The lowest BCUT2D eigenvalue weighted by atomic mass is 9.63. The molecular formula is C40H42N4O7. The summed E-state index contributed by atoms with van der Waals surface area (Å²) in [6.07, 6.45) is 13.5. The highest BCUT2D eigenvalue weighted by molar-refractivity contribution is 6.22. The minimum Gasteiger partial charge on any atom is -0.508 e. The number of hydrogen-bond acceptors (Lipinski definition) is 10. The molecule has 0 saturated heterocycles. The van der Waals surface area contributed by atoms with Crippen LogP contribution in [0.5, 0.6) is 0 Å². The van der Waals surface area contributed by atoms with Crippen molar-refractivity contribution in [2.45, 2.75) is 46.6 Å². The molecule has 11 nitrogen and oxygen atoms in total. The number of nitrogens with one attached hydrogen (secondary N) is 2. The van der Waals surface area contributed by atoms with Gasteiger partial charge in [0.2, 0.25) is 0 Å². The molecule has 51 heavy (non-hydrogen) atoms. The average molecular weight is 691 g/mol. The summed E-state index contributed by atoms with van der Waals surface area (Å²) < 4.78 is 15.3. The second-order valence-electron chi connectivity index (χ2n) is 13.3. The smallest absolute Gasteiger partial charge is 0.334 e. The van der Waals surface area contributed by atoms with Gasteiger partial charge in [0, 0.05) is 34.5 Å². The lowest BCUT2D eigenvalue weighted by Crippen LogP contribution is -2.44. The monoisotopic (exact) mass is 690 g/mol. The molecule has 4 aliphatic heterocycles. The number of allylic oxidation sites excluding steroid dienone is 7. The number of rotatable bonds is 7. The Morgan fingerprint density at radius 1 is 1.02 bits per heavy atom. The van der Waals surface area contributed by atoms with Crippen molar-refractivity contribution in [3.05, 3.63) is 110 Å². The first-order valence-electron chi connectivity index (χ1n) is 16.7. The third kappa shape index (κ3) is 5.66. The number of fused-ring (bicyclic) bond motifs is 9. The zero-order valence-corrected chi connectivity index (χ0v) is 29.9. The summed E-state index contributed by atoms with van der Waals surface area (Å²) in [5, 5.41) is 15.7. The maximum absolute atomic E-state index is 13.6. The molecule has 0 spiro atoms. The van der Waals surface area contributed by atoms with Crippen molar-refractivity contribution in [3.8, 4) is 0 Å². The Hall–Kier alpha value is -5.71. The molecule has 1 aromatic rings. The molecule has 5 heterocycles. The molecule has 11 heteroatoms. The summed E-state index contributed by atoms with van der Waals surface area (Å²) in [5.41, 5.74) is 6.90. The minimum absolute atomic E-state index is 0.0170. The van der Waals surface area contributed by atoms with Gasteiger partial charge in [-0.05, 0) is 73.8 Å². The van der Waals surface area contributed by atoms with Gasteiger partial charge >= 0.3 is 17.9 Å². The highest BCUT2D eigenvalue weighted by atomic mass is 16.5. The second kappa shape index (κ2) is 13.2. The van der Waals surface area contributed by atoms with E-state index < -0.39 is 23.3 Å². The first kappa shape index (κ1) is 35.1. The van der Waals surface area contributed by atoms with Crippen LogP contribution < -0.4 is 16.0 Å². The van der Waals surface area contributed by atoms with E-state index in [1.54, 1.807) is 18.2 Å². The van der Waals surface area contributed by atoms with Crippen LogP contribution in [0.4, 0.5) is 0 Å². The number of aromatic nitrogens is 1. The van der Waals surface area contributed by atoms with Gasteiger partial charge in [0.05, 0.1) is 66.5 Å². The van der Waals surface area contributed by atoms with Crippen LogP contribution in [0, 0.1) is 24.2 Å². The van der Waals surface area contributed by atoms with Gasteiger partial charge in [0.15, 0.2) is 0 Å². The summed E-state index contributed by atoms with van der Waals surface area (Å²) in [6, 6.07) is -0.184. The largest absolute Gasteiger partial charge is 0.508 e. The van der Waals surface area contributed by atoms with Gasteiger partial charge in [-0.25, -0.2) is 9.79 Å². The van der Waals surface area contributed by atoms with Crippen molar-refractivity contribution in [2.75, 3.05) is 21.3 Å². The van der Waals surface area contributed by atoms with E-state index in [1.165, 1.54) is 21.3 Å². The lowest BCUT2D eigenvalue weighted by Gasteiger charge is -2.37. The van der Waals surface area contributed by atoms with Crippen molar-refractivity contribution < 1.29 is 33.7 Å². The molecule has 4 atom stereocenters. The standard InChI is InChI=1S/C40H42N4O7/c1-10-23-19(2)28-16-32-26-13-11-25(38(47)50-8)37(39(48)51-9)40(26,6)34(44-32)18-29-21(4)36(22(5)45)33(43-29)17-31-24(12-14-35(46)49-7)20(3)27(42-31)15-30(23)41-28/h10-11,13,15-18,20,27,37,42-43,45H,1,5,12,14H2,2-4,6-9H3/b29-18-,30-15-,32-16-,33-17-/t20?,27?,37-,40+/m0/s1. The molecule has 5 aliphatic rings. The van der Waals surface area contributed by atoms with Crippen molar-refractivity contribution in [1.29, 1.82) is 0 Å². The molecule has 2 unspecified atom stereocenters. The normalized spacial score (nSPS) is 28.1. The number of aliphatic hydroxyl groups is 1. The molecule has 264 valence electrons. The van der Waals surface area contributed by atoms with Gasteiger partial charge < -0.3 is 29.6 Å². The Morgan fingerprint density at radius 2 is 1.76 bits per heavy atom. The quantitative estimate of drug-likeness (QED) is 0.218. The summed E-state index contributed by atoms with van der Waals surface area (Å²) in [5.74, 6) is -2.83. The predicted octanol–water partition coefficient (Wildman–Crippen LogP) is 4.26. The molecule has 0 aromatic carbocycles. The van der Waals surface area contributed by atoms with Crippen LogP contribution in [-0.4, -0.2) is 66.8 Å². The van der Waals surface area contributed by atoms with Crippen LogP contribution in [0.2, 0.25) is 0 Å². The summed E-state index contributed by atoms with van der Waals surface area (Å²) in [6.45, 7) is 15.7. The molecule has 0 fully saturated rings. The first-order valence-corrected chi connectivity index (χ1v) is 16.7. The molecule has 0 radical (unpaired) electrons. The van der Waals surface area contributed by atoms with Crippen molar-refractivity contribution in [1.82, 2.24) is 10.3 Å². The van der Waals surface area contributed by atoms with E-state index in [0.29, 0.717) is 50.9 Å². The average Bonchev–Trinajstić information content (AvgIpc) is 3.77. The number of aromatic amines is 1. The fourth-order valence-electron chi connectivity index (χ4n) is 7.78. The summed E-state index contributed by atoms with van der Waals surface area (Å²) in [4.78, 5) is 52.6. The van der Waals surface area contributed by atoms with Gasteiger partial charge in [0.1, 0.15) is 11.7 Å². The van der Waals surface area contributed by atoms with Gasteiger partial charge in [-0.1, -0.05) is 38.3 Å². The fraction of sp³-hybridized carbons (Fsp3) is 0.325. The molecule has 3 N–H and O–H groups in total. The molecule has 8 bridgehead atoms. The lowest BCUT2D eigenvalue weighted by molar-refractivity contribution is -0.149. The van der Waals surface area contributed by atoms with E-state index in [4.69, 9.17) is 24.2 Å².